The topological polar surface area (TPSA) is 104 Å². The van der Waals surface area contributed by atoms with Crippen LogP contribution in [0.1, 0.15) is 28.4 Å². The third-order valence-corrected chi connectivity index (χ3v) is 5.01. The summed E-state index contributed by atoms with van der Waals surface area (Å²) < 4.78 is 25.0. The Hall–Kier alpha value is -3.65. The highest BCUT2D eigenvalue weighted by atomic mass is 32.2. The maximum absolute atomic E-state index is 12.7. The van der Waals surface area contributed by atoms with E-state index in [1.807, 2.05) is 36.4 Å². The number of hydrogen-bond donors (Lipinski definition) is 3. The molecule has 31 heavy (non-hydrogen) atoms. The van der Waals surface area contributed by atoms with Crippen molar-refractivity contribution in [2.45, 2.75) is 12.5 Å². The molecule has 0 radical (unpaired) electrons. The molecular weight excluding hydrogens is 414 g/mol. The van der Waals surface area contributed by atoms with E-state index in [4.69, 9.17) is 0 Å². The number of amides is 2. The number of carbonyl (C=O) groups is 2. The van der Waals surface area contributed by atoms with Gasteiger partial charge < -0.3 is 10.6 Å². The van der Waals surface area contributed by atoms with Crippen LogP contribution in [0.3, 0.4) is 0 Å². The molecule has 0 saturated heterocycles. The predicted octanol–water partition coefficient (Wildman–Crippen LogP) is 3.56. The van der Waals surface area contributed by atoms with Gasteiger partial charge in [-0.25, -0.2) is 8.42 Å². The van der Waals surface area contributed by atoms with Gasteiger partial charge in [0.05, 0.1) is 18.7 Å². The maximum Gasteiger partial charge on any atom is 0.251 e. The number of hydrogen-bond acceptors (Lipinski definition) is 4. The van der Waals surface area contributed by atoms with Crippen LogP contribution >= 0.6 is 0 Å². The molecule has 3 N–H and O–H groups in total. The largest absolute Gasteiger partial charge is 0.345 e. The van der Waals surface area contributed by atoms with E-state index < -0.39 is 16.1 Å². The van der Waals surface area contributed by atoms with Gasteiger partial charge in [-0.3, -0.25) is 14.3 Å². The minimum atomic E-state index is -3.37. The highest BCUT2D eigenvalue weighted by Crippen LogP contribution is 2.20. The van der Waals surface area contributed by atoms with Crippen molar-refractivity contribution in [1.29, 1.82) is 0 Å². The summed E-state index contributed by atoms with van der Waals surface area (Å²) in [6.07, 6.45) is 1.10. The molecule has 160 valence electrons. The minimum absolute atomic E-state index is 0.0337. The Bertz CT molecular complexity index is 1130. The van der Waals surface area contributed by atoms with Crippen LogP contribution in [0.5, 0.6) is 0 Å². The number of nitrogens with one attached hydrogen (secondary N) is 3. The molecule has 0 bridgehead atoms. The summed E-state index contributed by atoms with van der Waals surface area (Å²) in [7, 11) is -3.37. The lowest BCUT2D eigenvalue weighted by molar-refractivity contribution is -0.116. The van der Waals surface area contributed by atoms with Crippen molar-refractivity contribution in [3.63, 3.8) is 0 Å². The molecule has 0 fully saturated rings. The molecule has 3 aromatic carbocycles. The van der Waals surface area contributed by atoms with Crippen molar-refractivity contribution >= 4 is 33.2 Å². The molecule has 3 aromatic rings. The second-order valence-corrected chi connectivity index (χ2v) is 8.76. The fourth-order valence-corrected chi connectivity index (χ4v) is 3.57. The Labute approximate surface area is 181 Å². The lowest BCUT2D eigenvalue weighted by Gasteiger charge is -2.19. The van der Waals surface area contributed by atoms with Crippen LogP contribution in [-0.2, 0) is 14.8 Å². The molecule has 0 aromatic heterocycles. The smallest absolute Gasteiger partial charge is 0.251 e. The highest BCUT2D eigenvalue weighted by Gasteiger charge is 2.19. The van der Waals surface area contributed by atoms with Crippen LogP contribution in [0.15, 0.2) is 84.9 Å². The van der Waals surface area contributed by atoms with E-state index in [2.05, 4.69) is 15.4 Å². The van der Waals surface area contributed by atoms with Crippen molar-refractivity contribution in [2.24, 2.45) is 0 Å². The van der Waals surface area contributed by atoms with Gasteiger partial charge in [-0.2, -0.15) is 0 Å². The molecule has 8 heteroatoms. The first-order valence-corrected chi connectivity index (χ1v) is 11.5. The first-order chi connectivity index (χ1) is 14.8. The van der Waals surface area contributed by atoms with Gasteiger partial charge in [-0.15, -0.1) is 0 Å². The number of carbonyl (C=O) groups excluding carboxylic acids is 2. The zero-order chi connectivity index (χ0) is 22.3. The van der Waals surface area contributed by atoms with Gasteiger partial charge >= 0.3 is 0 Å². The molecule has 1 unspecified atom stereocenters. The minimum Gasteiger partial charge on any atom is -0.345 e. The molecule has 0 aliphatic heterocycles. The second kappa shape index (κ2) is 9.90. The zero-order valence-electron chi connectivity index (χ0n) is 16.9. The summed E-state index contributed by atoms with van der Waals surface area (Å²) >= 11 is 0. The summed E-state index contributed by atoms with van der Waals surface area (Å²) in [5.74, 6) is -0.551. The van der Waals surface area contributed by atoms with Gasteiger partial charge in [0.2, 0.25) is 15.9 Å². The van der Waals surface area contributed by atoms with E-state index in [1.54, 1.807) is 48.5 Å². The Kier molecular flexibility index (Phi) is 7.04. The van der Waals surface area contributed by atoms with E-state index in [-0.39, 0.29) is 18.2 Å². The molecule has 0 aliphatic rings. The summed E-state index contributed by atoms with van der Waals surface area (Å²) in [5, 5.41) is 5.70. The second-order valence-electron chi connectivity index (χ2n) is 7.01. The normalized spacial score (nSPS) is 11.9. The Morgan fingerprint density at radius 2 is 1.35 bits per heavy atom. The van der Waals surface area contributed by atoms with Crippen LogP contribution < -0.4 is 15.4 Å². The lowest BCUT2D eigenvalue weighted by atomic mass is 10.0. The third kappa shape index (κ3) is 6.97. The van der Waals surface area contributed by atoms with Gasteiger partial charge in [0.15, 0.2) is 0 Å². The van der Waals surface area contributed by atoms with Gasteiger partial charge in [-0.1, -0.05) is 48.5 Å². The number of anilines is 2. The molecule has 0 aliphatic carbocycles. The average Bonchev–Trinajstić information content (AvgIpc) is 2.75. The SMILES string of the molecule is CS(=O)(=O)Nc1ccc(NC(=O)CC(NC(=O)c2ccccc2)c2ccccc2)cc1. The van der Waals surface area contributed by atoms with Gasteiger partial charge in [0, 0.05) is 16.9 Å². The molecule has 7 nitrogen and oxygen atoms in total. The van der Waals surface area contributed by atoms with Crippen molar-refractivity contribution < 1.29 is 18.0 Å². The van der Waals surface area contributed by atoms with Crippen LogP contribution in [0, 0.1) is 0 Å². The highest BCUT2D eigenvalue weighted by molar-refractivity contribution is 7.92. The van der Waals surface area contributed by atoms with E-state index >= 15 is 0 Å². The first kappa shape index (κ1) is 22.0. The molecule has 0 heterocycles. The molecule has 2 amide bonds. The zero-order valence-corrected chi connectivity index (χ0v) is 17.7. The molecule has 0 saturated carbocycles. The van der Waals surface area contributed by atoms with Gasteiger partial charge in [-0.05, 0) is 42.0 Å². The molecule has 3 rings (SSSR count). The van der Waals surface area contributed by atoms with Crippen LogP contribution in [0.2, 0.25) is 0 Å². The average molecular weight is 438 g/mol. The van der Waals surface area contributed by atoms with Crippen molar-refractivity contribution in [1.82, 2.24) is 5.32 Å². The molecule has 1 atom stereocenters. The van der Waals surface area contributed by atoms with Crippen molar-refractivity contribution in [3.05, 3.63) is 96.1 Å². The Morgan fingerprint density at radius 3 is 1.94 bits per heavy atom. The van der Waals surface area contributed by atoms with Crippen molar-refractivity contribution in [3.8, 4) is 0 Å². The molecular formula is C23H23N3O4S. The molecule has 0 spiro atoms. The standard InChI is InChI=1S/C23H23N3O4S/c1-31(29,30)26-20-14-12-19(13-15-20)24-22(27)16-21(17-8-4-2-5-9-17)25-23(28)18-10-6-3-7-11-18/h2-15,21,26H,16H2,1H3,(H,24,27)(H,25,28). The van der Waals surface area contributed by atoms with Gasteiger partial charge in [0.1, 0.15) is 0 Å². The van der Waals surface area contributed by atoms with Crippen LogP contribution in [0.25, 0.3) is 0 Å². The van der Waals surface area contributed by atoms with E-state index in [1.165, 1.54) is 0 Å². The van der Waals surface area contributed by atoms with E-state index in [0.29, 0.717) is 16.9 Å². The fourth-order valence-electron chi connectivity index (χ4n) is 3.00. The van der Waals surface area contributed by atoms with Crippen LogP contribution in [0.4, 0.5) is 11.4 Å². The maximum atomic E-state index is 12.7. The number of rotatable bonds is 8. The summed E-state index contributed by atoms with van der Waals surface area (Å²) in [4.78, 5) is 25.3. The summed E-state index contributed by atoms with van der Waals surface area (Å²) in [6.45, 7) is 0. The lowest BCUT2D eigenvalue weighted by Crippen LogP contribution is -2.31. The number of benzene rings is 3. The summed E-state index contributed by atoms with van der Waals surface area (Å²) in [5.41, 5.74) is 2.25. The number of sulfonamides is 1. The predicted molar refractivity (Wildman–Crippen MR) is 121 cm³/mol. The quantitative estimate of drug-likeness (QED) is 0.501. The first-order valence-electron chi connectivity index (χ1n) is 9.59. The van der Waals surface area contributed by atoms with Gasteiger partial charge in [0.25, 0.3) is 5.91 Å². The summed E-state index contributed by atoms with van der Waals surface area (Å²) in [6, 6.07) is 23.9. The Morgan fingerprint density at radius 1 is 0.806 bits per heavy atom. The van der Waals surface area contributed by atoms with Crippen LogP contribution in [-0.4, -0.2) is 26.5 Å². The van der Waals surface area contributed by atoms with Crippen molar-refractivity contribution in [2.75, 3.05) is 16.3 Å². The fraction of sp³-hybridized carbons (Fsp3) is 0.130. The third-order valence-electron chi connectivity index (χ3n) is 4.40. The van der Waals surface area contributed by atoms with E-state index in [9.17, 15) is 18.0 Å². The Balaban J connectivity index is 1.69. The van der Waals surface area contributed by atoms with E-state index in [0.717, 1.165) is 11.8 Å². The monoisotopic (exact) mass is 437 g/mol.